The van der Waals surface area contributed by atoms with E-state index in [2.05, 4.69) is 5.32 Å². The highest BCUT2D eigenvalue weighted by molar-refractivity contribution is 6.39. The minimum Gasteiger partial charge on any atom is -0.396 e. The summed E-state index contributed by atoms with van der Waals surface area (Å²) in [4.78, 5) is 11.3. The van der Waals surface area contributed by atoms with Gasteiger partial charge in [0.05, 0.1) is 15.7 Å². The van der Waals surface area contributed by atoms with Gasteiger partial charge in [-0.15, -0.1) is 0 Å². The van der Waals surface area contributed by atoms with Gasteiger partial charge in [0.1, 0.15) is 0 Å². The van der Waals surface area contributed by atoms with Crippen LogP contribution in [-0.2, 0) is 4.79 Å². The van der Waals surface area contributed by atoms with Gasteiger partial charge in [-0.3, -0.25) is 4.79 Å². The van der Waals surface area contributed by atoms with Crippen LogP contribution >= 0.6 is 23.2 Å². The first-order chi connectivity index (χ1) is 7.04. The van der Waals surface area contributed by atoms with E-state index in [1.807, 2.05) is 6.92 Å². The lowest BCUT2D eigenvalue weighted by Crippen LogP contribution is -2.10. The van der Waals surface area contributed by atoms with Gasteiger partial charge in [0.15, 0.2) is 0 Å². The number of halogens is 2. The molecule has 1 aromatic carbocycles. The first-order valence-electron chi connectivity index (χ1n) is 4.59. The van der Waals surface area contributed by atoms with Crippen molar-refractivity contribution in [3.05, 3.63) is 22.2 Å². The third-order valence-corrected chi connectivity index (χ3v) is 2.47. The summed E-state index contributed by atoms with van der Waals surface area (Å²) in [5.41, 5.74) is 6.46. The Kier molecular flexibility index (Phi) is 4.24. The molecule has 0 unspecified atom stereocenters. The molecule has 0 aliphatic carbocycles. The number of rotatable bonds is 3. The number of benzene rings is 1. The Labute approximate surface area is 98.5 Å². The molecule has 0 atom stereocenters. The van der Waals surface area contributed by atoms with Gasteiger partial charge in [-0.25, -0.2) is 0 Å². The quantitative estimate of drug-likeness (QED) is 0.805. The van der Waals surface area contributed by atoms with Crippen molar-refractivity contribution in [2.75, 3.05) is 11.1 Å². The lowest BCUT2D eigenvalue weighted by atomic mass is 10.2. The molecular weight excluding hydrogens is 235 g/mol. The first kappa shape index (κ1) is 12.1. The average molecular weight is 247 g/mol. The molecule has 82 valence electrons. The summed E-state index contributed by atoms with van der Waals surface area (Å²) < 4.78 is 0. The average Bonchev–Trinajstić information content (AvgIpc) is 2.14. The zero-order valence-electron chi connectivity index (χ0n) is 8.31. The largest absolute Gasteiger partial charge is 0.396 e. The summed E-state index contributed by atoms with van der Waals surface area (Å²) in [7, 11) is 0. The molecule has 1 aromatic rings. The second-order valence-electron chi connectivity index (χ2n) is 3.15. The van der Waals surface area contributed by atoms with Crippen LogP contribution in [0, 0.1) is 0 Å². The number of anilines is 2. The smallest absolute Gasteiger partial charge is 0.224 e. The second-order valence-corrected chi connectivity index (χ2v) is 3.97. The molecule has 3 N–H and O–H groups in total. The van der Waals surface area contributed by atoms with Crippen LogP contribution in [0.15, 0.2) is 12.1 Å². The fourth-order valence-electron chi connectivity index (χ4n) is 1.11. The molecule has 1 amide bonds. The number of carbonyl (C=O) groups excluding carboxylic acids is 1. The molecule has 0 fully saturated rings. The molecule has 1 rings (SSSR count). The van der Waals surface area contributed by atoms with Crippen molar-refractivity contribution in [3.8, 4) is 0 Å². The second kappa shape index (κ2) is 5.24. The monoisotopic (exact) mass is 246 g/mol. The van der Waals surface area contributed by atoms with Gasteiger partial charge in [0, 0.05) is 12.1 Å². The fourth-order valence-corrected chi connectivity index (χ4v) is 1.59. The van der Waals surface area contributed by atoms with Gasteiger partial charge in [-0.1, -0.05) is 30.1 Å². The molecule has 0 heterocycles. The molecular formula is C10H12Cl2N2O. The van der Waals surface area contributed by atoms with E-state index in [1.54, 1.807) is 12.1 Å². The van der Waals surface area contributed by atoms with E-state index in [-0.39, 0.29) is 5.91 Å². The summed E-state index contributed by atoms with van der Waals surface area (Å²) in [6, 6.07) is 3.16. The van der Waals surface area contributed by atoms with Crippen LogP contribution < -0.4 is 11.1 Å². The Morgan fingerprint density at radius 1 is 1.40 bits per heavy atom. The fraction of sp³-hybridized carbons (Fsp3) is 0.300. The van der Waals surface area contributed by atoms with E-state index < -0.39 is 0 Å². The summed E-state index contributed by atoms with van der Waals surface area (Å²) in [6.07, 6.45) is 1.27. The predicted molar refractivity (Wildman–Crippen MR) is 64.4 cm³/mol. The van der Waals surface area contributed by atoms with Crippen molar-refractivity contribution in [2.24, 2.45) is 0 Å². The Morgan fingerprint density at radius 2 is 1.93 bits per heavy atom. The van der Waals surface area contributed by atoms with Crippen LogP contribution in [0.3, 0.4) is 0 Å². The van der Waals surface area contributed by atoms with Crippen LogP contribution in [0.2, 0.25) is 10.0 Å². The summed E-state index contributed by atoms with van der Waals surface area (Å²) in [6.45, 7) is 1.93. The summed E-state index contributed by atoms with van der Waals surface area (Å²) >= 11 is 11.6. The van der Waals surface area contributed by atoms with Crippen molar-refractivity contribution >= 4 is 40.5 Å². The van der Waals surface area contributed by atoms with Gasteiger partial charge in [0.25, 0.3) is 0 Å². The Balaban J connectivity index is 2.83. The SMILES string of the molecule is CCCC(=O)Nc1cc(Cl)c(N)c(Cl)c1. The van der Waals surface area contributed by atoms with Crippen LogP contribution in [0.4, 0.5) is 11.4 Å². The number of hydrogen-bond acceptors (Lipinski definition) is 2. The molecule has 15 heavy (non-hydrogen) atoms. The molecule has 0 saturated heterocycles. The number of amides is 1. The standard InChI is InChI=1S/C10H12Cl2N2O/c1-2-3-9(15)14-6-4-7(11)10(13)8(12)5-6/h4-5H,2-3,13H2,1H3,(H,14,15). The minimum atomic E-state index is -0.0607. The highest BCUT2D eigenvalue weighted by Crippen LogP contribution is 2.31. The predicted octanol–water partition coefficient (Wildman–Crippen LogP) is 3.31. The van der Waals surface area contributed by atoms with Crippen LogP contribution in [0.1, 0.15) is 19.8 Å². The third-order valence-electron chi connectivity index (χ3n) is 1.84. The van der Waals surface area contributed by atoms with Gasteiger partial charge in [0.2, 0.25) is 5.91 Å². The van der Waals surface area contributed by atoms with Crippen molar-refractivity contribution < 1.29 is 4.79 Å². The Bertz CT molecular complexity index is 357. The maximum absolute atomic E-state index is 11.3. The number of hydrogen-bond donors (Lipinski definition) is 2. The Hall–Kier alpha value is -0.930. The number of nitrogen functional groups attached to an aromatic ring is 1. The molecule has 0 radical (unpaired) electrons. The number of nitrogens with two attached hydrogens (primary N) is 1. The van der Waals surface area contributed by atoms with Crippen LogP contribution in [0.5, 0.6) is 0 Å². The van der Waals surface area contributed by atoms with E-state index in [0.29, 0.717) is 27.8 Å². The van der Waals surface area contributed by atoms with Gasteiger partial charge >= 0.3 is 0 Å². The van der Waals surface area contributed by atoms with E-state index in [4.69, 9.17) is 28.9 Å². The van der Waals surface area contributed by atoms with Crippen molar-refractivity contribution in [1.29, 1.82) is 0 Å². The molecule has 0 aromatic heterocycles. The van der Waals surface area contributed by atoms with Crippen molar-refractivity contribution in [2.45, 2.75) is 19.8 Å². The lowest BCUT2D eigenvalue weighted by Gasteiger charge is -2.07. The van der Waals surface area contributed by atoms with Crippen LogP contribution in [0.25, 0.3) is 0 Å². The molecule has 5 heteroatoms. The zero-order chi connectivity index (χ0) is 11.4. The summed E-state index contributed by atoms with van der Waals surface area (Å²) in [5.74, 6) is -0.0607. The number of nitrogens with one attached hydrogen (secondary N) is 1. The van der Waals surface area contributed by atoms with Crippen LogP contribution in [-0.4, -0.2) is 5.91 Å². The Morgan fingerprint density at radius 3 is 2.40 bits per heavy atom. The molecule has 0 aliphatic rings. The van der Waals surface area contributed by atoms with E-state index in [1.165, 1.54) is 0 Å². The molecule has 0 aliphatic heterocycles. The molecule has 0 saturated carbocycles. The van der Waals surface area contributed by atoms with Gasteiger partial charge in [-0.2, -0.15) is 0 Å². The number of carbonyl (C=O) groups is 1. The van der Waals surface area contributed by atoms with E-state index in [9.17, 15) is 4.79 Å². The lowest BCUT2D eigenvalue weighted by molar-refractivity contribution is -0.116. The summed E-state index contributed by atoms with van der Waals surface area (Å²) in [5, 5.41) is 3.37. The van der Waals surface area contributed by atoms with E-state index >= 15 is 0 Å². The van der Waals surface area contributed by atoms with Crippen molar-refractivity contribution in [3.63, 3.8) is 0 Å². The highest BCUT2D eigenvalue weighted by Gasteiger charge is 2.06. The topological polar surface area (TPSA) is 55.1 Å². The molecule has 3 nitrogen and oxygen atoms in total. The zero-order valence-corrected chi connectivity index (χ0v) is 9.82. The molecule has 0 bridgehead atoms. The van der Waals surface area contributed by atoms with Crippen molar-refractivity contribution in [1.82, 2.24) is 0 Å². The van der Waals surface area contributed by atoms with Gasteiger partial charge < -0.3 is 11.1 Å². The van der Waals surface area contributed by atoms with E-state index in [0.717, 1.165) is 6.42 Å². The maximum atomic E-state index is 11.3. The normalized spacial score (nSPS) is 10.1. The maximum Gasteiger partial charge on any atom is 0.224 e. The minimum absolute atomic E-state index is 0.0607. The third kappa shape index (κ3) is 3.29. The molecule has 0 spiro atoms. The first-order valence-corrected chi connectivity index (χ1v) is 5.34. The highest BCUT2D eigenvalue weighted by atomic mass is 35.5. The van der Waals surface area contributed by atoms with Gasteiger partial charge in [-0.05, 0) is 18.6 Å².